The Hall–Kier alpha value is -3.74. The number of benzene rings is 5. The van der Waals surface area contributed by atoms with Crippen molar-refractivity contribution in [2.24, 2.45) is 0 Å². The highest BCUT2D eigenvalue weighted by Crippen LogP contribution is 2.30. The van der Waals surface area contributed by atoms with Gasteiger partial charge in [0.05, 0.1) is 0 Å². The fourth-order valence-corrected chi connectivity index (χ4v) is 6.15. The molecule has 1 amide bonds. The molecule has 3 nitrogen and oxygen atoms in total. The van der Waals surface area contributed by atoms with Crippen molar-refractivity contribution in [3.63, 3.8) is 0 Å². The van der Waals surface area contributed by atoms with Crippen LogP contribution in [0.5, 0.6) is 11.5 Å². The van der Waals surface area contributed by atoms with Gasteiger partial charge in [0.1, 0.15) is 17.3 Å². The number of carbonyl (C=O) groups is 1. The lowest BCUT2D eigenvalue weighted by atomic mass is 9.99. The molecule has 0 atom stereocenters. The number of nitrogens with one attached hydrogen (secondary N) is 1. The van der Waals surface area contributed by atoms with Crippen LogP contribution >= 0.6 is 31.9 Å². The van der Waals surface area contributed by atoms with Gasteiger partial charge in [-0.3, -0.25) is 4.79 Å². The number of carbonyl (C=O) groups excluding carboxylic acids is 1. The van der Waals surface area contributed by atoms with Gasteiger partial charge >= 0.3 is 0 Å². The van der Waals surface area contributed by atoms with Crippen molar-refractivity contribution in [1.82, 2.24) is 5.32 Å². The largest absolute Gasteiger partial charge is 0.457 e. The average molecular weight is 673 g/mol. The molecule has 0 aliphatic rings. The Bertz CT molecular complexity index is 1600. The number of amides is 1. The highest BCUT2D eigenvalue weighted by molar-refractivity contribution is 9.11. The van der Waals surface area contributed by atoms with Gasteiger partial charge in [-0.05, 0) is 95.6 Å². The van der Waals surface area contributed by atoms with Crippen LogP contribution in [0.15, 0.2) is 124 Å². The van der Waals surface area contributed by atoms with Crippen molar-refractivity contribution < 1.29 is 13.9 Å². The van der Waals surface area contributed by atoms with Crippen molar-refractivity contribution in [2.75, 3.05) is 6.54 Å². The first-order valence-electron chi connectivity index (χ1n) is 13.4. The van der Waals surface area contributed by atoms with Crippen LogP contribution in [0.2, 0.25) is 0 Å². The van der Waals surface area contributed by atoms with Crippen LogP contribution < -0.4 is 10.1 Å². The highest BCUT2D eigenvalue weighted by atomic mass is 79.9. The number of para-hydroxylation sites is 1. The van der Waals surface area contributed by atoms with Gasteiger partial charge in [-0.2, -0.15) is 0 Å². The second-order valence-electron chi connectivity index (χ2n) is 9.69. The van der Waals surface area contributed by atoms with Gasteiger partial charge in [-0.1, -0.05) is 98.6 Å². The van der Waals surface area contributed by atoms with Crippen molar-refractivity contribution in [3.8, 4) is 22.6 Å². The molecule has 0 spiro atoms. The minimum Gasteiger partial charge on any atom is -0.457 e. The van der Waals surface area contributed by atoms with E-state index < -0.39 is 0 Å². The van der Waals surface area contributed by atoms with E-state index in [2.05, 4.69) is 49.3 Å². The topological polar surface area (TPSA) is 38.3 Å². The molecular weight excluding hydrogens is 645 g/mol. The Morgan fingerprint density at radius 3 is 2.05 bits per heavy atom. The molecule has 6 heteroatoms. The van der Waals surface area contributed by atoms with Crippen LogP contribution in [0, 0.1) is 5.82 Å². The molecule has 0 saturated carbocycles. The molecule has 0 aromatic heterocycles. The average Bonchev–Trinajstić information content (AvgIpc) is 2.98. The van der Waals surface area contributed by atoms with Crippen LogP contribution in [0.3, 0.4) is 0 Å². The Morgan fingerprint density at radius 2 is 1.34 bits per heavy atom. The minimum absolute atomic E-state index is 0.117. The third kappa shape index (κ3) is 7.93. The van der Waals surface area contributed by atoms with E-state index in [1.807, 2.05) is 78.9 Å². The maximum atomic E-state index is 13.3. The molecule has 0 bridgehead atoms. The summed E-state index contributed by atoms with van der Waals surface area (Å²) in [5, 5.41) is 3.02. The van der Waals surface area contributed by atoms with Crippen LogP contribution in [0.25, 0.3) is 11.1 Å². The predicted octanol–water partition coefficient (Wildman–Crippen LogP) is 9.57. The molecule has 5 aromatic rings. The van der Waals surface area contributed by atoms with Gasteiger partial charge in [0.15, 0.2) is 0 Å². The van der Waals surface area contributed by atoms with Gasteiger partial charge in [0.25, 0.3) is 5.91 Å². The van der Waals surface area contributed by atoms with Crippen LogP contribution in [-0.2, 0) is 19.3 Å². The lowest BCUT2D eigenvalue weighted by molar-refractivity contribution is 0.0954. The molecule has 0 unspecified atom stereocenters. The lowest BCUT2D eigenvalue weighted by Crippen LogP contribution is -2.25. The van der Waals surface area contributed by atoms with Gasteiger partial charge in [-0.25, -0.2) is 4.39 Å². The zero-order chi connectivity index (χ0) is 28.6. The molecule has 1 N–H and O–H groups in total. The molecule has 0 saturated heterocycles. The number of rotatable bonds is 10. The lowest BCUT2D eigenvalue weighted by Gasteiger charge is -2.12. The summed E-state index contributed by atoms with van der Waals surface area (Å²) in [7, 11) is 0. The second-order valence-corrected chi connectivity index (χ2v) is 11.4. The number of ether oxygens (including phenoxy) is 1. The highest BCUT2D eigenvalue weighted by Gasteiger charge is 2.13. The molecule has 5 aromatic carbocycles. The SMILES string of the molecule is O=C(NCCc1ccc(Oc2ccccc2)cc1)c1cc(Br)c(CCc2cccc(-c3ccc(F)cc3)c2)c(Br)c1. The third-order valence-corrected chi connectivity index (χ3v) is 8.19. The minimum atomic E-state index is -0.239. The molecule has 5 rings (SSSR count). The summed E-state index contributed by atoms with van der Waals surface area (Å²) in [5.41, 5.74) is 6.05. The smallest absolute Gasteiger partial charge is 0.251 e. The van der Waals surface area contributed by atoms with Crippen molar-refractivity contribution >= 4 is 37.8 Å². The molecular formula is C35H28Br2FNO2. The van der Waals surface area contributed by atoms with Crippen molar-refractivity contribution in [2.45, 2.75) is 19.3 Å². The van der Waals surface area contributed by atoms with Crippen LogP contribution in [-0.4, -0.2) is 12.5 Å². The molecule has 41 heavy (non-hydrogen) atoms. The van der Waals surface area contributed by atoms with Gasteiger partial charge < -0.3 is 10.1 Å². The predicted molar refractivity (Wildman–Crippen MR) is 170 cm³/mol. The van der Waals surface area contributed by atoms with E-state index in [0.717, 1.165) is 62.0 Å². The summed E-state index contributed by atoms with van der Waals surface area (Å²) >= 11 is 7.35. The van der Waals surface area contributed by atoms with Crippen LogP contribution in [0.4, 0.5) is 4.39 Å². The van der Waals surface area contributed by atoms with Crippen molar-refractivity contribution in [1.29, 1.82) is 0 Å². The molecule has 0 radical (unpaired) electrons. The monoisotopic (exact) mass is 671 g/mol. The summed E-state index contributed by atoms with van der Waals surface area (Å²) in [6.07, 6.45) is 2.33. The Balaban J connectivity index is 1.14. The van der Waals surface area contributed by atoms with Gasteiger partial charge in [0, 0.05) is 21.1 Å². The maximum absolute atomic E-state index is 13.3. The molecule has 0 heterocycles. The van der Waals surface area contributed by atoms with E-state index in [9.17, 15) is 9.18 Å². The molecule has 0 fully saturated rings. The van der Waals surface area contributed by atoms with Gasteiger partial charge in [-0.15, -0.1) is 0 Å². The Morgan fingerprint density at radius 1 is 0.659 bits per heavy atom. The first-order valence-corrected chi connectivity index (χ1v) is 15.0. The summed E-state index contributed by atoms with van der Waals surface area (Å²) in [6.45, 7) is 0.527. The van der Waals surface area contributed by atoms with E-state index in [4.69, 9.17) is 4.74 Å². The zero-order valence-electron chi connectivity index (χ0n) is 22.2. The number of aryl methyl sites for hydroxylation is 1. The van der Waals surface area contributed by atoms with E-state index >= 15 is 0 Å². The second kappa shape index (κ2) is 13.7. The van der Waals surface area contributed by atoms with Crippen molar-refractivity contribution in [3.05, 3.63) is 152 Å². The Kier molecular flexibility index (Phi) is 9.65. The number of hydrogen-bond donors (Lipinski definition) is 1. The molecule has 0 aliphatic carbocycles. The zero-order valence-corrected chi connectivity index (χ0v) is 25.4. The standard InChI is InChI=1S/C35H28Br2FNO2/c36-33-22-28(35(40)39-20-19-24-9-16-31(17-10-24)41-30-7-2-1-3-8-30)23-34(37)32(33)18-11-25-5-4-6-27(21-25)26-12-14-29(38)15-13-26/h1-10,12-17,21-23H,11,18-20H2,(H,39,40). The number of halogens is 3. The normalized spacial score (nSPS) is 10.8. The fourth-order valence-electron chi connectivity index (χ4n) is 4.56. The summed E-state index contributed by atoms with van der Waals surface area (Å²) in [4.78, 5) is 12.9. The quantitative estimate of drug-likeness (QED) is 0.160. The first-order chi connectivity index (χ1) is 19.9. The third-order valence-electron chi connectivity index (χ3n) is 6.77. The van der Waals surface area contributed by atoms with Crippen LogP contribution in [0.1, 0.15) is 27.0 Å². The summed E-state index contributed by atoms with van der Waals surface area (Å²) < 4.78 is 20.9. The Labute approximate surface area is 256 Å². The van der Waals surface area contributed by atoms with E-state index in [1.54, 1.807) is 12.1 Å². The fraction of sp³-hybridized carbons (Fsp3) is 0.114. The van der Waals surface area contributed by atoms with E-state index in [-0.39, 0.29) is 11.7 Å². The number of hydrogen-bond acceptors (Lipinski definition) is 2. The summed E-state index contributed by atoms with van der Waals surface area (Å²) in [5.74, 6) is 1.22. The maximum Gasteiger partial charge on any atom is 0.251 e. The molecule has 206 valence electrons. The van der Waals surface area contributed by atoms with E-state index in [1.165, 1.54) is 17.7 Å². The molecule has 0 aliphatic heterocycles. The van der Waals surface area contributed by atoms with E-state index in [0.29, 0.717) is 12.1 Å². The first kappa shape index (κ1) is 28.8. The summed E-state index contributed by atoms with van der Waals surface area (Å²) in [6, 6.07) is 36.2. The van der Waals surface area contributed by atoms with Gasteiger partial charge in [0.2, 0.25) is 0 Å².